The molecule has 0 aromatic heterocycles. The molecule has 0 bridgehead atoms. The third kappa shape index (κ3) is 32.4. The summed E-state index contributed by atoms with van der Waals surface area (Å²) in [6.07, 6.45) is 32.2. The fourth-order valence-electron chi connectivity index (χ4n) is 6.26. The summed E-state index contributed by atoms with van der Waals surface area (Å²) in [6.45, 7) is 2.77. The molecule has 8 N–H and O–H groups in total. The maximum Gasteiger partial charge on any atom is 0.472 e. The molecule has 0 spiro atoms. The topological polar surface area (TPSA) is 276 Å². The highest BCUT2D eigenvalue weighted by Crippen LogP contribution is 2.49. The van der Waals surface area contributed by atoms with Crippen LogP contribution in [0.15, 0.2) is 109 Å². The second-order valence-electron chi connectivity index (χ2n) is 15.9. The Hall–Kier alpha value is -3.38. The number of carbonyl (C=O) groups is 2. The SMILES string of the molecule is CC/C=C\C/C=C\C/C=C\C/C=C\C=C/C(O)C/C=C\CCC(=O)O[C@H](COC(=O)CCCC/C=C\C/C=C\C/C=C\CCCCC)COP(=O)(O)O[C@H]1C(O)C(O)C(O)[C@@H](OP(=O)(O)O)C1O. The van der Waals surface area contributed by atoms with Crippen LogP contribution in [-0.2, 0) is 41.8 Å². The number of aliphatic hydroxyl groups excluding tert-OH is 5. The zero-order chi connectivity index (χ0) is 50.5. The van der Waals surface area contributed by atoms with Gasteiger partial charge in [0.25, 0.3) is 0 Å². The molecule has 6 unspecified atom stereocenters. The summed E-state index contributed by atoms with van der Waals surface area (Å²) in [6, 6.07) is 0. The number of hydrogen-bond acceptors (Lipinski definition) is 14. The molecule has 1 rings (SSSR count). The van der Waals surface area contributed by atoms with Crippen LogP contribution in [0.1, 0.15) is 123 Å². The van der Waals surface area contributed by atoms with E-state index >= 15 is 0 Å². The van der Waals surface area contributed by atoms with Crippen molar-refractivity contribution < 1.29 is 82.0 Å². The minimum atomic E-state index is -5.39. The Labute approximate surface area is 402 Å². The van der Waals surface area contributed by atoms with Gasteiger partial charge in [0, 0.05) is 12.8 Å². The number of esters is 2. The van der Waals surface area contributed by atoms with Gasteiger partial charge in [-0.3, -0.25) is 23.2 Å². The standard InChI is InChI=1S/C49H78O17P2/c1-3-5-7-9-11-13-15-17-18-20-22-24-26-28-32-36-42(51)62-38-41(39-63-68(60,61)66-49-46(55)44(53)45(54)48(47(49)56)65-67(57,58)59)64-43(52)37-33-29-31-35-40(50)34-30-27-25-23-21-19-16-14-12-10-8-6-4-2/h6,8,11-14,17-19,21-22,24-25,27,29-31,34,40-41,44-50,53-56H,3-5,7,9-10,15-16,20,23,26,28,32-33,35-39H2,1-2H3,(H,60,61)(H2,57,58,59)/b8-6-,13-11-,14-12-,18-17-,21-19-,24-22-,27-25-,31-29-,34-30-/t40?,41-,44?,45?,46?,47?,48-,49+/m1/s1. The first-order valence-corrected chi connectivity index (χ1v) is 26.6. The van der Waals surface area contributed by atoms with Crippen LogP contribution in [0.3, 0.4) is 0 Å². The second kappa shape index (κ2) is 38.4. The molecule has 0 saturated heterocycles. The van der Waals surface area contributed by atoms with Crippen LogP contribution in [0.2, 0.25) is 0 Å². The van der Waals surface area contributed by atoms with Crippen molar-refractivity contribution in [1.29, 1.82) is 0 Å². The van der Waals surface area contributed by atoms with Gasteiger partial charge in [-0.25, -0.2) is 9.13 Å². The van der Waals surface area contributed by atoms with E-state index < -0.39 is 89.6 Å². The van der Waals surface area contributed by atoms with E-state index in [1.165, 1.54) is 19.3 Å². The van der Waals surface area contributed by atoms with Gasteiger partial charge in [0.2, 0.25) is 0 Å². The van der Waals surface area contributed by atoms with E-state index in [2.05, 4.69) is 79.1 Å². The molecule has 1 fully saturated rings. The fourth-order valence-corrected chi connectivity index (χ4v) is 7.80. The molecule has 0 radical (unpaired) electrons. The van der Waals surface area contributed by atoms with Gasteiger partial charge >= 0.3 is 27.6 Å². The first-order valence-electron chi connectivity index (χ1n) is 23.5. The molecule has 9 atom stereocenters. The van der Waals surface area contributed by atoms with Crippen LogP contribution in [-0.4, -0.2) is 114 Å². The van der Waals surface area contributed by atoms with E-state index in [4.69, 9.17) is 18.5 Å². The van der Waals surface area contributed by atoms with Crippen LogP contribution in [0.4, 0.5) is 0 Å². The average Bonchev–Trinajstić information content (AvgIpc) is 3.29. The Morgan fingerprint density at radius 3 is 1.66 bits per heavy atom. The van der Waals surface area contributed by atoms with Crippen molar-refractivity contribution in [2.45, 2.75) is 172 Å². The van der Waals surface area contributed by atoms with Gasteiger partial charge in [0.05, 0.1) is 12.7 Å². The Morgan fingerprint density at radius 1 is 0.559 bits per heavy atom. The maximum atomic E-state index is 13.0. The number of unbranched alkanes of at least 4 members (excludes halogenated alkanes) is 5. The van der Waals surface area contributed by atoms with Crippen LogP contribution in [0, 0.1) is 0 Å². The predicted molar refractivity (Wildman–Crippen MR) is 261 cm³/mol. The van der Waals surface area contributed by atoms with Crippen molar-refractivity contribution in [1.82, 2.24) is 0 Å². The molecule has 0 heterocycles. The molecular formula is C49H78O17P2. The Kier molecular flexibility index (Phi) is 35.4. The highest BCUT2D eigenvalue weighted by Gasteiger charge is 2.54. The van der Waals surface area contributed by atoms with Crippen molar-refractivity contribution in [3.8, 4) is 0 Å². The molecule has 17 nitrogen and oxygen atoms in total. The minimum absolute atomic E-state index is 0.0280. The Bertz CT molecular complexity index is 1750. The normalized spacial score (nSPS) is 22.7. The van der Waals surface area contributed by atoms with Crippen molar-refractivity contribution >= 4 is 27.6 Å². The first-order chi connectivity index (χ1) is 32.5. The molecular weight excluding hydrogens is 922 g/mol. The summed E-state index contributed by atoms with van der Waals surface area (Å²) < 4.78 is 49.2. The zero-order valence-electron chi connectivity index (χ0n) is 39.6. The van der Waals surface area contributed by atoms with Crippen LogP contribution >= 0.6 is 15.6 Å². The molecule has 386 valence electrons. The summed E-state index contributed by atoms with van der Waals surface area (Å²) in [7, 11) is -10.8. The number of aliphatic hydroxyl groups is 5. The lowest BCUT2D eigenvalue weighted by Crippen LogP contribution is -2.64. The molecule has 68 heavy (non-hydrogen) atoms. The third-order valence-electron chi connectivity index (χ3n) is 9.92. The molecule has 0 aromatic carbocycles. The van der Waals surface area contributed by atoms with Crippen molar-refractivity contribution in [2.75, 3.05) is 13.2 Å². The maximum absolute atomic E-state index is 13.0. The van der Waals surface area contributed by atoms with E-state index in [0.717, 1.165) is 51.4 Å². The molecule has 1 aliphatic carbocycles. The number of carbonyl (C=O) groups excluding carboxylic acids is 2. The van der Waals surface area contributed by atoms with Gasteiger partial charge in [0.15, 0.2) is 6.10 Å². The lowest BCUT2D eigenvalue weighted by Gasteiger charge is -2.43. The third-order valence-corrected chi connectivity index (χ3v) is 11.4. The van der Waals surface area contributed by atoms with Crippen LogP contribution in [0.5, 0.6) is 0 Å². The number of rotatable bonds is 37. The van der Waals surface area contributed by atoms with Gasteiger partial charge in [0.1, 0.15) is 43.2 Å². The molecule has 0 aromatic rings. The van der Waals surface area contributed by atoms with Gasteiger partial charge in [-0.15, -0.1) is 0 Å². The summed E-state index contributed by atoms with van der Waals surface area (Å²) >= 11 is 0. The number of hydrogen-bond donors (Lipinski definition) is 8. The largest absolute Gasteiger partial charge is 0.472 e. The summed E-state index contributed by atoms with van der Waals surface area (Å²) in [4.78, 5) is 54.2. The Morgan fingerprint density at radius 2 is 1.09 bits per heavy atom. The number of ether oxygens (including phenoxy) is 2. The lowest BCUT2D eigenvalue weighted by atomic mass is 9.85. The second-order valence-corrected chi connectivity index (χ2v) is 18.5. The number of phosphoric ester groups is 2. The van der Waals surface area contributed by atoms with E-state index in [9.17, 15) is 58.9 Å². The van der Waals surface area contributed by atoms with Crippen molar-refractivity contribution in [3.05, 3.63) is 109 Å². The van der Waals surface area contributed by atoms with Crippen molar-refractivity contribution in [2.24, 2.45) is 0 Å². The molecule has 0 amide bonds. The van der Waals surface area contributed by atoms with Gasteiger partial charge < -0.3 is 49.7 Å². The molecule has 19 heteroatoms. The predicted octanol–water partition coefficient (Wildman–Crippen LogP) is 7.92. The van der Waals surface area contributed by atoms with Crippen LogP contribution < -0.4 is 0 Å². The highest BCUT2D eigenvalue weighted by molar-refractivity contribution is 7.47. The number of phosphoric acid groups is 2. The van der Waals surface area contributed by atoms with Crippen LogP contribution in [0.25, 0.3) is 0 Å². The zero-order valence-corrected chi connectivity index (χ0v) is 41.4. The molecule has 1 saturated carbocycles. The fraction of sp³-hybridized carbons (Fsp3) is 0.592. The van der Waals surface area contributed by atoms with Gasteiger partial charge in [-0.2, -0.15) is 0 Å². The van der Waals surface area contributed by atoms with E-state index in [-0.39, 0.29) is 25.7 Å². The smallest absolute Gasteiger partial charge is 0.462 e. The quantitative estimate of drug-likeness (QED) is 0.00965. The van der Waals surface area contributed by atoms with E-state index in [1.807, 2.05) is 24.3 Å². The highest BCUT2D eigenvalue weighted by atomic mass is 31.2. The van der Waals surface area contributed by atoms with Gasteiger partial charge in [-0.1, -0.05) is 136 Å². The Balaban J connectivity index is 2.73. The summed E-state index contributed by atoms with van der Waals surface area (Å²) in [5.74, 6) is -1.44. The minimum Gasteiger partial charge on any atom is -0.462 e. The first kappa shape index (κ1) is 62.6. The van der Waals surface area contributed by atoms with E-state index in [0.29, 0.717) is 12.8 Å². The van der Waals surface area contributed by atoms with Crippen molar-refractivity contribution in [3.63, 3.8) is 0 Å². The molecule has 0 aliphatic heterocycles. The average molecular weight is 1000 g/mol. The number of allylic oxidation sites excluding steroid dienone is 16. The lowest BCUT2D eigenvalue weighted by molar-refractivity contribution is -0.216. The van der Waals surface area contributed by atoms with Gasteiger partial charge in [-0.05, 0) is 83.5 Å². The van der Waals surface area contributed by atoms with E-state index in [1.54, 1.807) is 24.3 Å². The summed E-state index contributed by atoms with van der Waals surface area (Å²) in [5, 5.41) is 51.5. The summed E-state index contributed by atoms with van der Waals surface area (Å²) in [5.41, 5.74) is 0. The monoisotopic (exact) mass is 1000 g/mol. The molecule has 1 aliphatic rings.